The van der Waals surface area contributed by atoms with Crippen molar-refractivity contribution in [3.8, 4) is 0 Å². The fourth-order valence-electron chi connectivity index (χ4n) is 1.79. The van der Waals surface area contributed by atoms with E-state index < -0.39 is 0 Å². The van der Waals surface area contributed by atoms with Gasteiger partial charge in [0.2, 0.25) is 0 Å². The molecule has 0 aromatic heterocycles. The normalized spacial score (nSPS) is 35.1. The largest absolute Gasteiger partial charge is 0.395 e. The van der Waals surface area contributed by atoms with Gasteiger partial charge in [0.25, 0.3) is 0 Å². The second kappa shape index (κ2) is 5.99. The van der Waals surface area contributed by atoms with Crippen molar-refractivity contribution in [1.29, 1.82) is 0 Å². The fourth-order valence-corrected chi connectivity index (χ4v) is 1.79. The predicted molar refractivity (Wildman–Crippen MR) is 60.2 cm³/mol. The average molecular weight is 195 g/mol. The van der Waals surface area contributed by atoms with Crippen molar-refractivity contribution in [3.63, 3.8) is 0 Å². The molecule has 0 fully saturated rings. The molecule has 2 nitrogen and oxygen atoms in total. The van der Waals surface area contributed by atoms with Gasteiger partial charge in [-0.25, -0.2) is 0 Å². The highest BCUT2D eigenvalue weighted by Crippen LogP contribution is 2.13. The van der Waals surface area contributed by atoms with Crippen molar-refractivity contribution in [1.82, 2.24) is 4.90 Å². The van der Waals surface area contributed by atoms with E-state index in [1.165, 1.54) is 0 Å². The van der Waals surface area contributed by atoms with Crippen LogP contribution in [0.25, 0.3) is 0 Å². The molecular weight excluding hydrogens is 174 g/mol. The van der Waals surface area contributed by atoms with Gasteiger partial charge < -0.3 is 10.0 Å². The smallest absolute Gasteiger partial charge is 0.0586 e. The summed E-state index contributed by atoms with van der Waals surface area (Å²) in [7, 11) is 2.09. The minimum absolute atomic E-state index is 0.262. The summed E-state index contributed by atoms with van der Waals surface area (Å²) in [4.78, 5) is 2.25. The quantitative estimate of drug-likeness (QED) is 0.690. The molecule has 1 N–H and O–H groups in total. The molecule has 0 spiro atoms. The van der Waals surface area contributed by atoms with E-state index in [-0.39, 0.29) is 6.61 Å². The zero-order valence-electron chi connectivity index (χ0n) is 9.19. The molecule has 1 rings (SSSR count). The summed E-state index contributed by atoms with van der Waals surface area (Å²) in [5.74, 6) is 0.539. The number of aliphatic hydroxyl groups is 1. The van der Waals surface area contributed by atoms with Gasteiger partial charge in [-0.1, -0.05) is 31.2 Å². The Balaban J connectivity index is 2.62. The molecule has 1 heterocycles. The average Bonchev–Trinajstić information content (AvgIpc) is 2.19. The minimum atomic E-state index is 0.262. The maximum Gasteiger partial charge on any atom is 0.0586 e. The summed E-state index contributed by atoms with van der Waals surface area (Å²) >= 11 is 0. The SMILES string of the molecule is CC1/C=C\C=C/CCN(C)C(CO)C1. The summed E-state index contributed by atoms with van der Waals surface area (Å²) in [6.07, 6.45) is 10.7. The lowest BCUT2D eigenvalue weighted by molar-refractivity contribution is 0.134. The molecular formula is C12H21NO. The summed E-state index contributed by atoms with van der Waals surface area (Å²) in [5.41, 5.74) is 0. The van der Waals surface area contributed by atoms with Crippen LogP contribution >= 0.6 is 0 Å². The Bertz CT molecular complexity index is 210. The van der Waals surface area contributed by atoms with E-state index in [9.17, 15) is 5.11 Å². The molecule has 0 aromatic rings. The van der Waals surface area contributed by atoms with Crippen molar-refractivity contribution in [2.75, 3.05) is 20.2 Å². The van der Waals surface area contributed by atoms with Crippen LogP contribution < -0.4 is 0 Å². The molecule has 0 amide bonds. The molecule has 0 aromatic carbocycles. The maximum absolute atomic E-state index is 9.27. The molecule has 0 saturated carbocycles. The number of hydrogen-bond donors (Lipinski definition) is 1. The van der Waals surface area contributed by atoms with E-state index in [1.807, 2.05) is 0 Å². The molecule has 0 saturated heterocycles. The van der Waals surface area contributed by atoms with Gasteiger partial charge >= 0.3 is 0 Å². The third-order valence-corrected chi connectivity index (χ3v) is 2.81. The summed E-state index contributed by atoms with van der Waals surface area (Å²) in [6.45, 7) is 3.49. The molecule has 2 atom stereocenters. The van der Waals surface area contributed by atoms with Gasteiger partial charge in [-0.2, -0.15) is 0 Å². The number of rotatable bonds is 1. The van der Waals surface area contributed by atoms with Crippen LogP contribution in [0.5, 0.6) is 0 Å². The summed E-state index contributed by atoms with van der Waals surface area (Å²) < 4.78 is 0. The number of allylic oxidation sites excluding steroid dienone is 3. The molecule has 0 radical (unpaired) electrons. The third kappa shape index (κ3) is 3.64. The van der Waals surface area contributed by atoms with Gasteiger partial charge in [0.05, 0.1) is 6.61 Å². The van der Waals surface area contributed by atoms with Crippen molar-refractivity contribution in [2.45, 2.75) is 25.8 Å². The Kier molecular flexibility index (Phi) is 4.91. The number of hydrogen-bond acceptors (Lipinski definition) is 2. The predicted octanol–water partition coefficient (Wildman–Crippen LogP) is 1.82. The Hall–Kier alpha value is -0.600. The molecule has 1 aliphatic rings. The van der Waals surface area contributed by atoms with Gasteiger partial charge in [-0.15, -0.1) is 0 Å². The Labute approximate surface area is 86.9 Å². The van der Waals surface area contributed by atoms with Gasteiger partial charge in [-0.05, 0) is 25.8 Å². The van der Waals surface area contributed by atoms with Crippen LogP contribution in [0, 0.1) is 5.92 Å². The highest BCUT2D eigenvalue weighted by molar-refractivity contribution is 5.05. The maximum atomic E-state index is 9.27. The first-order chi connectivity index (χ1) is 6.74. The van der Waals surface area contributed by atoms with Crippen molar-refractivity contribution >= 4 is 0 Å². The highest BCUT2D eigenvalue weighted by Gasteiger charge is 2.15. The zero-order valence-corrected chi connectivity index (χ0v) is 9.19. The standard InChI is InChI=1S/C12H21NO/c1-11-7-5-3-4-6-8-13(2)12(9-11)10-14/h3-5,7,11-12,14H,6,8-10H2,1-2H3/b4-3-,7-5-. The monoisotopic (exact) mass is 195 g/mol. The fraction of sp³-hybridized carbons (Fsp3) is 0.667. The van der Waals surface area contributed by atoms with Crippen LogP contribution in [0.4, 0.5) is 0 Å². The van der Waals surface area contributed by atoms with Gasteiger partial charge in [-0.3, -0.25) is 0 Å². The number of aliphatic hydroxyl groups excluding tert-OH is 1. The number of nitrogens with zero attached hydrogens (tertiary/aromatic N) is 1. The van der Waals surface area contributed by atoms with E-state index in [2.05, 4.69) is 43.2 Å². The lowest BCUT2D eigenvalue weighted by Crippen LogP contribution is -2.36. The number of likely N-dealkylation sites (N-methyl/N-ethyl adjacent to an activating group) is 1. The van der Waals surface area contributed by atoms with Crippen LogP contribution in [0.2, 0.25) is 0 Å². The molecule has 14 heavy (non-hydrogen) atoms. The first-order valence-electron chi connectivity index (χ1n) is 5.38. The topological polar surface area (TPSA) is 23.5 Å². The van der Waals surface area contributed by atoms with Crippen LogP contribution in [0.3, 0.4) is 0 Å². The first-order valence-corrected chi connectivity index (χ1v) is 5.38. The van der Waals surface area contributed by atoms with Crippen molar-refractivity contribution < 1.29 is 5.11 Å². The van der Waals surface area contributed by atoms with Gasteiger partial charge in [0.1, 0.15) is 0 Å². The van der Waals surface area contributed by atoms with E-state index in [0.717, 1.165) is 19.4 Å². The van der Waals surface area contributed by atoms with Gasteiger partial charge in [0, 0.05) is 12.6 Å². The summed E-state index contributed by atoms with van der Waals surface area (Å²) in [5, 5.41) is 9.27. The van der Waals surface area contributed by atoms with E-state index in [1.54, 1.807) is 0 Å². The zero-order chi connectivity index (χ0) is 10.4. The van der Waals surface area contributed by atoms with E-state index in [0.29, 0.717) is 12.0 Å². The second-order valence-corrected chi connectivity index (χ2v) is 4.13. The third-order valence-electron chi connectivity index (χ3n) is 2.81. The molecule has 0 aliphatic carbocycles. The van der Waals surface area contributed by atoms with Crippen LogP contribution in [0.1, 0.15) is 19.8 Å². The van der Waals surface area contributed by atoms with E-state index >= 15 is 0 Å². The molecule has 0 bridgehead atoms. The lowest BCUT2D eigenvalue weighted by Gasteiger charge is -2.28. The lowest BCUT2D eigenvalue weighted by atomic mass is 10.00. The molecule has 2 heteroatoms. The minimum Gasteiger partial charge on any atom is -0.395 e. The van der Waals surface area contributed by atoms with Crippen molar-refractivity contribution in [2.24, 2.45) is 5.92 Å². The van der Waals surface area contributed by atoms with Gasteiger partial charge in [0.15, 0.2) is 0 Å². The molecule has 1 aliphatic heterocycles. The van der Waals surface area contributed by atoms with Crippen LogP contribution in [-0.2, 0) is 0 Å². The Morgan fingerprint density at radius 2 is 2.21 bits per heavy atom. The molecule has 80 valence electrons. The van der Waals surface area contributed by atoms with Crippen LogP contribution in [-0.4, -0.2) is 36.2 Å². The molecule has 2 unspecified atom stereocenters. The Morgan fingerprint density at radius 1 is 1.43 bits per heavy atom. The second-order valence-electron chi connectivity index (χ2n) is 4.13. The van der Waals surface area contributed by atoms with Crippen molar-refractivity contribution in [3.05, 3.63) is 24.3 Å². The van der Waals surface area contributed by atoms with Crippen LogP contribution in [0.15, 0.2) is 24.3 Å². The first kappa shape index (κ1) is 11.5. The Morgan fingerprint density at radius 3 is 2.93 bits per heavy atom. The van der Waals surface area contributed by atoms with E-state index in [4.69, 9.17) is 0 Å². The highest BCUT2D eigenvalue weighted by atomic mass is 16.3. The summed E-state index contributed by atoms with van der Waals surface area (Å²) in [6, 6.07) is 0.307.